The average molecular weight is 332 g/mol. The maximum Gasteiger partial charge on any atom is 0.259 e. The molecule has 1 amide bonds. The molecular formula is C18H16N6O. The Balaban J connectivity index is 1.51. The molecule has 0 bridgehead atoms. The van der Waals surface area contributed by atoms with Crippen LogP contribution in [0.15, 0.2) is 67.4 Å². The molecule has 0 atom stereocenters. The highest BCUT2D eigenvalue weighted by atomic mass is 16.2. The van der Waals surface area contributed by atoms with E-state index in [-0.39, 0.29) is 5.91 Å². The van der Waals surface area contributed by atoms with Gasteiger partial charge in [0.05, 0.1) is 11.9 Å². The molecule has 3 heterocycles. The van der Waals surface area contributed by atoms with Crippen LogP contribution in [0.1, 0.15) is 15.9 Å². The Bertz CT molecular complexity index is 1000. The van der Waals surface area contributed by atoms with Crippen LogP contribution in [0.25, 0.3) is 11.3 Å². The van der Waals surface area contributed by atoms with Gasteiger partial charge in [-0.15, -0.1) is 0 Å². The van der Waals surface area contributed by atoms with E-state index in [9.17, 15) is 4.79 Å². The lowest BCUT2D eigenvalue weighted by Crippen LogP contribution is -2.26. The Morgan fingerprint density at radius 1 is 1.08 bits per heavy atom. The topological polar surface area (TPSA) is 68.3 Å². The summed E-state index contributed by atoms with van der Waals surface area (Å²) in [5.41, 5.74) is 3.08. The zero-order valence-electron chi connectivity index (χ0n) is 13.6. The first-order valence-electron chi connectivity index (χ1n) is 7.85. The molecule has 4 aromatic rings. The maximum atomic E-state index is 12.7. The van der Waals surface area contributed by atoms with E-state index in [2.05, 4.69) is 15.2 Å². The van der Waals surface area contributed by atoms with Gasteiger partial charge >= 0.3 is 0 Å². The van der Waals surface area contributed by atoms with Crippen LogP contribution in [0.4, 0.5) is 0 Å². The number of amides is 1. The van der Waals surface area contributed by atoms with Gasteiger partial charge in [-0.2, -0.15) is 10.2 Å². The summed E-state index contributed by atoms with van der Waals surface area (Å²) in [6.45, 7) is 0.502. The molecule has 0 N–H and O–H groups in total. The van der Waals surface area contributed by atoms with Crippen molar-refractivity contribution >= 4 is 11.6 Å². The Morgan fingerprint density at radius 2 is 1.88 bits per heavy atom. The molecule has 0 unspecified atom stereocenters. The van der Waals surface area contributed by atoms with Gasteiger partial charge in [0.25, 0.3) is 5.91 Å². The van der Waals surface area contributed by atoms with Crippen LogP contribution in [0.3, 0.4) is 0 Å². The zero-order chi connectivity index (χ0) is 17.2. The summed E-state index contributed by atoms with van der Waals surface area (Å²) < 4.78 is 3.39. The van der Waals surface area contributed by atoms with Crippen molar-refractivity contribution in [3.63, 3.8) is 0 Å². The predicted molar refractivity (Wildman–Crippen MR) is 92.3 cm³/mol. The summed E-state index contributed by atoms with van der Waals surface area (Å²) in [6.07, 6.45) is 8.62. The van der Waals surface area contributed by atoms with Gasteiger partial charge in [0.15, 0.2) is 5.65 Å². The van der Waals surface area contributed by atoms with E-state index in [0.29, 0.717) is 17.8 Å². The number of benzene rings is 1. The van der Waals surface area contributed by atoms with Crippen LogP contribution in [-0.2, 0) is 6.54 Å². The van der Waals surface area contributed by atoms with Gasteiger partial charge in [-0.05, 0) is 29.8 Å². The Hall–Kier alpha value is -3.48. The molecule has 0 radical (unpaired) electrons. The standard InChI is InChI=1S/C18H16N6O/c1-22(18(25)16-12-21-24-11-2-8-19-17(16)24)13-14-4-6-15(7-5-14)23-10-3-9-20-23/h2-12H,13H2,1H3. The molecule has 0 fully saturated rings. The van der Waals surface area contributed by atoms with E-state index >= 15 is 0 Å². The average Bonchev–Trinajstić information content (AvgIpc) is 3.31. The van der Waals surface area contributed by atoms with Crippen LogP contribution >= 0.6 is 0 Å². The van der Waals surface area contributed by atoms with Crippen LogP contribution in [0.2, 0.25) is 0 Å². The summed E-state index contributed by atoms with van der Waals surface area (Å²) in [5.74, 6) is -0.107. The molecule has 0 aliphatic heterocycles. The highest BCUT2D eigenvalue weighted by Gasteiger charge is 2.17. The number of hydrogen-bond acceptors (Lipinski definition) is 4. The second kappa shape index (κ2) is 6.20. The van der Waals surface area contributed by atoms with Crippen LogP contribution in [-0.4, -0.2) is 42.2 Å². The van der Waals surface area contributed by atoms with Crippen molar-refractivity contribution in [2.24, 2.45) is 0 Å². The predicted octanol–water partition coefficient (Wildman–Crippen LogP) is 2.19. The lowest BCUT2D eigenvalue weighted by Gasteiger charge is -2.16. The quantitative estimate of drug-likeness (QED) is 0.574. The number of fused-ring (bicyclic) bond motifs is 1. The van der Waals surface area contributed by atoms with Gasteiger partial charge in [0.1, 0.15) is 5.56 Å². The van der Waals surface area contributed by atoms with Crippen molar-refractivity contribution in [3.8, 4) is 5.69 Å². The summed E-state index contributed by atoms with van der Waals surface area (Å²) in [7, 11) is 1.77. The smallest absolute Gasteiger partial charge is 0.259 e. The van der Waals surface area contributed by atoms with Crippen LogP contribution in [0, 0.1) is 0 Å². The van der Waals surface area contributed by atoms with E-state index in [4.69, 9.17) is 0 Å². The molecule has 0 aliphatic rings. The third kappa shape index (κ3) is 2.87. The summed E-state index contributed by atoms with van der Waals surface area (Å²) in [5, 5.41) is 8.37. The van der Waals surface area contributed by atoms with Crippen molar-refractivity contribution in [1.29, 1.82) is 0 Å². The van der Waals surface area contributed by atoms with E-state index < -0.39 is 0 Å². The molecular weight excluding hydrogens is 316 g/mol. The van der Waals surface area contributed by atoms with Crippen LogP contribution < -0.4 is 0 Å². The minimum atomic E-state index is -0.107. The third-order valence-electron chi connectivity index (χ3n) is 3.98. The van der Waals surface area contributed by atoms with E-state index in [1.165, 1.54) is 0 Å². The fourth-order valence-corrected chi connectivity index (χ4v) is 2.70. The molecule has 4 rings (SSSR count). The van der Waals surface area contributed by atoms with Crippen LogP contribution in [0.5, 0.6) is 0 Å². The summed E-state index contributed by atoms with van der Waals surface area (Å²) >= 11 is 0. The molecule has 7 nitrogen and oxygen atoms in total. The Kier molecular flexibility index (Phi) is 3.74. The van der Waals surface area contributed by atoms with Gasteiger partial charge in [0.2, 0.25) is 0 Å². The Labute approximate surface area is 144 Å². The normalized spacial score (nSPS) is 10.9. The van der Waals surface area contributed by atoms with Crippen molar-refractivity contribution in [2.45, 2.75) is 6.54 Å². The molecule has 7 heteroatoms. The van der Waals surface area contributed by atoms with Crippen molar-refractivity contribution in [1.82, 2.24) is 29.3 Å². The minimum Gasteiger partial charge on any atom is -0.337 e. The summed E-state index contributed by atoms with van der Waals surface area (Å²) in [4.78, 5) is 18.6. The van der Waals surface area contributed by atoms with Crippen molar-refractivity contribution in [3.05, 3.63) is 78.5 Å². The number of carbonyl (C=O) groups excluding carboxylic acids is 1. The van der Waals surface area contributed by atoms with Gasteiger partial charge in [-0.25, -0.2) is 14.2 Å². The summed E-state index contributed by atoms with van der Waals surface area (Å²) in [6, 6.07) is 11.6. The number of rotatable bonds is 4. The lowest BCUT2D eigenvalue weighted by molar-refractivity contribution is 0.0787. The molecule has 1 aromatic carbocycles. The molecule has 25 heavy (non-hydrogen) atoms. The lowest BCUT2D eigenvalue weighted by atomic mass is 10.2. The highest BCUT2D eigenvalue weighted by molar-refractivity contribution is 5.99. The fraction of sp³-hybridized carbons (Fsp3) is 0.111. The maximum absolute atomic E-state index is 12.7. The van der Waals surface area contributed by atoms with E-state index in [1.807, 2.05) is 36.5 Å². The SMILES string of the molecule is CN(Cc1ccc(-n2cccn2)cc1)C(=O)c1cnn2cccnc12. The zero-order valence-corrected chi connectivity index (χ0v) is 13.6. The van der Waals surface area contributed by atoms with Crippen molar-refractivity contribution in [2.75, 3.05) is 7.05 Å². The van der Waals surface area contributed by atoms with E-state index in [0.717, 1.165) is 11.3 Å². The number of aromatic nitrogens is 5. The monoisotopic (exact) mass is 332 g/mol. The second-order valence-corrected chi connectivity index (χ2v) is 5.72. The second-order valence-electron chi connectivity index (χ2n) is 5.72. The molecule has 0 aliphatic carbocycles. The van der Waals surface area contributed by atoms with Crippen molar-refractivity contribution < 1.29 is 4.79 Å². The molecule has 0 saturated heterocycles. The largest absolute Gasteiger partial charge is 0.337 e. The minimum absolute atomic E-state index is 0.107. The van der Waals surface area contributed by atoms with Gasteiger partial charge < -0.3 is 4.90 Å². The van der Waals surface area contributed by atoms with Gasteiger partial charge in [0, 0.05) is 38.4 Å². The first kappa shape index (κ1) is 15.1. The molecule has 124 valence electrons. The fourth-order valence-electron chi connectivity index (χ4n) is 2.70. The molecule has 0 saturated carbocycles. The van der Waals surface area contributed by atoms with Gasteiger partial charge in [-0.1, -0.05) is 12.1 Å². The van der Waals surface area contributed by atoms with E-state index in [1.54, 1.807) is 52.0 Å². The number of hydrogen-bond donors (Lipinski definition) is 0. The first-order chi connectivity index (χ1) is 12.2. The number of carbonyl (C=O) groups is 1. The number of nitrogens with zero attached hydrogens (tertiary/aromatic N) is 6. The highest BCUT2D eigenvalue weighted by Crippen LogP contribution is 2.14. The first-order valence-corrected chi connectivity index (χ1v) is 7.85. The molecule has 3 aromatic heterocycles. The third-order valence-corrected chi connectivity index (χ3v) is 3.98. The molecule has 0 spiro atoms. The van der Waals surface area contributed by atoms with Gasteiger partial charge in [-0.3, -0.25) is 4.79 Å². The Morgan fingerprint density at radius 3 is 2.64 bits per heavy atom.